The Morgan fingerprint density at radius 1 is 1.04 bits per heavy atom. The van der Waals surface area contributed by atoms with Crippen molar-refractivity contribution in [2.75, 3.05) is 0 Å². The molecule has 2 rings (SSSR count). The van der Waals surface area contributed by atoms with Crippen molar-refractivity contribution in [2.24, 2.45) is 0 Å². The van der Waals surface area contributed by atoms with Gasteiger partial charge in [0.25, 0.3) is 5.91 Å². The van der Waals surface area contributed by atoms with E-state index in [2.05, 4.69) is 5.32 Å². The second-order valence-electron chi connectivity index (χ2n) is 5.10. The molecule has 0 heterocycles. The molecule has 0 unspecified atom stereocenters. The molecular formula is C17H13Cl4NO3. The van der Waals surface area contributed by atoms with Crippen LogP contribution in [0.2, 0.25) is 5.02 Å². The van der Waals surface area contributed by atoms with E-state index in [4.69, 9.17) is 51.1 Å². The first kappa shape index (κ1) is 19.9. The van der Waals surface area contributed by atoms with Gasteiger partial charge in [0, 0.05) is 16.1 Å². The Kier molecular flexibility index (Phi) is 6.58. The van der Waals surface area contributed by atoms with Gasteiger partial charge in [-0.05, 0) is 49.4 Å². The van der Waals surface area contributed by atoms with Crippen LogP contribution < -0.4 is 10.1 Å². The van der Waals surface area contributed by atoms with Gasteiger partial charge in [-0.1, -0.05) is 52.5 Å². The van der Waals surface area contributed by atoms with E-state index in [9.17, 15) is 9.59 Å². The molecule has 1 N–H and O–H groups in total. The third-order valence-electron chi connectivity index (χ3n) is 3.16. The number of rotatable bonds is 5. The second kappa shape index (κ2) is 8.28. The molecule has 0 bridgehead atoms. The SMILES string of the molecule is CC(=O)c1ccc(O[C@H](NC(=O)c2cccc(Cl)c2)C(Cl)(Cl)Cl)cc1. The third kappa shape index (κ3) is 5.79. The molecule has 0 radical (unpaired) electrons. The lowest BCUT2D eigenvalue weighted by molar-refractivity contribution is 0.0833. The quantitative estimate of drug-likeness (QED) is 0.418. The lowest BCUT2D eigenvalue weighted by Gasteiger charge is -2.26. The number of carbonyl (C=O) groups is 2. The smallest absolute Gasteiger partial charge is 0.254 e. The number of hydrogen-bond acceptors (Lipinski definition) is 3. The predicted molar refractivity (Wildman–Crippen MR) is 100 cm³/mol. The van der Waals surface area contributed by atoms with Crippen LogP contribution in [0.3, 0.4) is 0 Å². The molecule has 0 saturated carbocycles. The van der Waals surface area contributed by atoms with Crippen molar-refractivity contribution >= 4 is 58.1 Å². The van der Waals surface area contributed by atoms with Gasteiger partial charge in [-0.25, -0.2) is 0 Å². The number of carbonyl (C=O) groups excluding carboxylic acids is 2. The predicted octanol–water partition coefficient (Wildman–Crippen LogP) is 5.05. The van der Waals surface area contributed by atoms with Gasteiger partial charge in [0.15, 0.2) is 5.78 Å². The first-order valence-corrected chi connectivity index (χ1v) is 8.59. The molecule has 0 aliphatic heterocycles. The third-order valence-corrected chi connectivity index (χ3v) is 3.99. The van der Waals surface area contributed by atoms with Gasteiger partial charge in [0.05, 0.1) is 0 Å². The van der Waals surface area contributed by atoms with Crippen LogP contribution >= 0.6 is 46.4 Å². The summed E-state index contributed by atoms with van der Waals surface area (Å²) in [5, 5.41) is 2.91. The Labute approximate surface area is 165 Å². The highest BCUT2D eigenvalue weighted by Crippen LogP contribution is 2.32. The summed E-state index contributed by atoms with van der Waals surface area (Å²) in [5.41, 5.74) is 0.808. The van der Waals surface area contributed by atoms with Crippen molar-refractivity contribution in [2.45, 2.75) is 16.9 Å². The van der Waals surface area contributed by atoms with Gasteiger partial charge in [0.1, 0.15) is 5.75 Å². The maximum atomic E-state index is 12.3. The topological polar surface area (TPSA) is 55.4 Å². The van der Waals surface area contributed by atoms with Crippen molar-refractivity contribution in [3.05, 3.63) is 64.7 Å². The van der Waals surface area contributed by atoms with Crippen molar-refractivity contribution in [3.63, 3.8) is 0 Å². The summed E-state index contributed by atoms with van der Waals surface area (Å²) < 4.78 is 3.64. The minimum Gasteiger partial charge on any atom is -0.466 e. The van der Waals surface area contributed by atoms with Crippen molar-refractivity contribution in [1.29, 1.82) is 0 Å². The number of benzene rings is 2. The van der Waals surface area contributed by atoms with E-state index in [-0.39, 0.29) is 5.78 Å². The summed E-state index contributed by atoms with van der Waals surface area (Å²) in [4.78, 5) is 23.6. The molecule has 0 spiro atoms. The highest BCUT2D eigenvalue weighted by atomic mass is 35.6. The van der Waals surface area contributed by atoms with Gasteiger partial charge in [0.2, 0.25) is 10.0 Å². The molecule has 0 aliphatic rings. The highest BCUT2D eigenvalue weighted by Gasteiger charge is 2.36. The number of Topliss-reactive ketones (excluding diaryl/α,β-unsaturated/α-hetero) is 1. The average Bonchev–Trinajstić information content (AvgIpc) is 2.53. The Hall–Kier alpha value is -1.46. The van der Waals surface area contributed by atoms with Crippen LogP contribution in [0.5, 0.6) is 5.75 Å². The Morgan fingerprint density at radius 3 is 2.20 bits per heavy atom. The molecule has 1 amide bonds. The molecule has 2 aromatic carbocycles. The fraction of sp³-hybridized carbons (Fsp3) is 0.176. The fourth-order valence-electron chi connectivity index (χ4n) is 1.91. The van der Waals surface area contributed by atoms with Crippen LogP contribution in [0.25, 0.3) is 0 Å². The van der Waals surface area contributed by atoms with E-state index in [1.54, 1.807) is 42.5 Å². The van der Waals surface area contributed by atoms with Crippen LogP contribution in [0, 0.1) is 0 Å². The normalized spacial score (nSPS) is 12.4. The average molecular weight is 421 g/mol. The summed E-state index contributed by atoms with van der Waals surface area (Å²) in [6.07, 6.45) is -1.26. The maximum Gasteiger partial charge on any atom is 0.254 e. The van der Waals surface area contributed by atoms with Crippen LogP contribution in [0.1, 0.15) is 27.6 Å². The second-order valence-corrected chi connectivity index (χ2v) is 7.91. The Bertz CT molecular complexity index is 772. The number of alkyl halides is 3. The van der Waals surface area contributed by atoms with Gasteiger partial charge >= 0.3 is 0 Å². The summed E-state index contributed by atoms with van der Waals surface area (Å²) in [6.45, 7) is 1.45. The molecule has 4 nitrogen and oxygen atoms in total. The lowest BCUT2D eigenvalue weighted by atomic mass is 10.1. The van der Waals surface area contributed by atoms with Crippen molar-refractivity contribution in [1.82, 2.24) is 5.32 Å². The minimum absolute atomic E-state index is 0.0845. The summed E-state index contributed by atoms with van der Waals surface area (Å²) in [6, 6.07) is 12.6. The molecule has 8 heteroatoms. The molecule has 1 atom stereocenters. The molecule has 25 heavy (non-hydrogen) atoms. The maximum absolute atomic E-state index is 12.3. The number of amides is 1. The summed E-state index contributed by atoms with van der Waals surface area (Å²) in [5.74, 6) is -0.273. The molecule has 0 aromatic heterocycles. The summed E-state index contributed by atoms with van der Waals surface area (Å²) in [7, 11) is 0. The molecule has 0 saturated heterocycles. The summed E-state index contributed by atoms with van der Waals surface area (Å²) >= 11 is 23.6. The van der Waals surface area contributed by atoms with Gasteiger partial charge in [-0.3, -0.25) is 9.59 Å². The van der Waals surface area contributed by atoms with E-state index >= 15 is 0 Å². The Morgan fingerprint density at radius 2 is 1.68 bits per heavy atom. The van der Waals surface area contributed by atoms with Crippen molar-refractivity contribution < 1.29 is 14.3 Å². The van der Waals surface area contributed by atoms with Gasteiger partial charge in [-0.2, -0.15) is 0 Å². The Balaban J connectivity index is 2.16. The van der Waals surface area contributed by atoms with Crippen LogP contribution in [-0.4, -0.2) is 21.7 Å². The van der Waals surface area contributed by atoms with Crippen LogP contribution in [0.15, 0.2) is 48.5 Å². The first-order valence-electron chi connectivity index (χ1n) is 7.07. The zero-order valence-electron chi connectivity index (χ0n) is 12.9. The lowest BCUT2D eigenvalue weighted by Crippen LogP contribution is -2.47. The fourth-order valence-corrected chi connectivity index (χ4v) is 2.40. The molecule has 0 fully saturated rings. The van der Waals surface area contributed by atoms with E-state index in [1.807, 2.05) is 0 Å². The van der Waals surface area contributed by atoms with E-state index < -0.39 is 15.9 Å². The van der Waals surface area contributed by atoms with E-state index in [1.165, 1.54) is 13.0 Å². The highest BCUT2D eigenvalue weighted by molar-refractivity contribution is 6.68. The van der Waals surface area contributed by atoms with Crippen LogP contribution in [-0.2, 0) is 0 Å². The zero-order valence-corrected chi connectivity index (χ0v) is 16.0. The monoisotopic (exact) mass is 419 g/mol. The van der Waals surface area contributed by atoms with Crippen LogP contribution in [0.4, 0.5) is 0 Å². The van der Waals surface area contributed by atoms with Gasteiger partial charge in [-0.15, -0.1) is 0 Å². The number of hydrogen-bond donors (Lipinski definition) is 1. The number of nitrogens with one attached hydrogen (secondary N) is 1. The van der Waals surface area contributed by atoms with E-state index in [0.717, 1.165) is 0 Å². The largest absolute Gasteiger partial charge is 0.466 e. The number of ether oxygens (including phenoxy) is 1. The molecule has 0 aliphatic carbocycles. The van der Waals surface area contributed by atoms with E-state index in [0.29, 0.717) is 21.9 Å². The first-order chi connectivity index (χ1) is 11.7. The standard InChI is InChI=1S/C17H13Cl4NO3/c1-10(23)11-5-7-14(8-6-11)25-16(17(19,20)21)22-15(24)12-3-2-4-13(18)9-12/h2-9,16H,1H3,(H,22,24)/t16-/m0/s1. The molecular weight excluding hydrogens is 408 g/mol. The zero-order chi connectivity index (χ0) is 18.6. The molecule has 132 valence electrons. The number of halogens is 4. The number of ketones is 1. The van der Waals surface area contributed by atoms with Gasteiger partial charge < -0.3 is 10.1 Å². The molecule has 2 aromatic rings. The van der Waals surface area contributed by atoms with Crippen molar-refractivity contribution in [3.8, 4) is 5.75 Å². The minimum atomic E-state index is -1.92.